The Morgan fingerprint density at radius 1 is 1.35 bits per heavy atom. The van der Waals surface area contributed by atoms with E-state index in [1.54, 1.807) is 6.07 Å². The van der Waals surface area contributed by atoms with Gasteiger partial charge in [-0.2, -0.15) is 13.2 Å². The minimum Gasteiger partial charge on any atom is -0.392 e. The Balaban J connectivity index is 2.02. The van der Waals surface area contributed by atoms with E-state index in [9.17, 15) is 23.1 Å². The zero-order valence-corrected chi connectivity index (χ0v) is 10.8. The number of aliphatic hydroxyl groups excluding tert-OH is 1. The third-order valence-corrected chi connectivity index (χ3v) is 3.42. The maximum atomic E-state index is 12.3. The van der Waals surface area contributed by atoms with Crippen molar-refractivity contribution in [2.45, 2.75) is 38.0 Å². The van der Waals surface area contributed by atoms with Crippen molar-refractivity contribution in [3.63, 3.8) is 0 Å². The van der Waals surface area contributed by atoms with Gasteiger partial charge in [-0.3, -0.25) is 4.79 Å². The molecule has 0 radical (unpaired) electrons. The molecule has 1 fully saturated rings. The largest absolute Gasteiger partial charge is 0.393 e. The molecule has 1 aromatic carbocycles. The first-order chi connectivity index (χ1) is 9.35. The Morgan fingerprint density at radius 3 is 2.70 bits per heavy atom. The number of carbonyl (C=O) groups excluding carboxylic acids is 1. The smallest absolute Gasteiger partial charge is 0.392 e. The van der Waals surface area contributed by atoms with E-state index < -0.39 is 24.6 Å². The molecule has 2 atom stereocenters. The molecule has 2 N–H and O–H groups in total. The number of anilines is 1. The van der Waals surface area contributed by atoms with Crippen LogP contribution in [-0.2, 0) is 11.2 Å². The quantitative estimate of drug-likeness (QED) is 0.898. The van der Waals surface area contributed by atoms with E-state index in [0.29, 0.717) is 18.5 Å². The van der Waals surface area contributed by atoms with Crippen LogP contribution in [0.3, 0.4) is 0 Å². The van der Waals surface area contributed by atoms with E-state index in [1.165, 1.54) is 18.2 Å². The lowest BCUT2D eigenvalue weighted by molar-refractivity contribution is -0.127. The number of hydrogen-bond donors (Lipinski definition) is 2. The van der Waals surface area contributed by atoms with Crippen LogP contribution in [0.25, 0.3) is 0 Å². The molecule has 0 saturated heterocycles. The van der Waals surface area contributed by atoms with Crippen molar-refractivity contribution in [2.75, 3.05) is 5.32 Å². The van der Waals surface area contributed by atoms with E-state index in [2.05, 4.69) is 5.32 Å². The number of nitrogens with one attached hydrogen (secondary N) is 1. The summed E-state index contributed by atoms with van der Waals surface area (Å²) < 4.78 is 36.9. The number of hydrogen-bond acceptors (Lipinski definition) is 2. The van der Waals surface area contributed by atoms with E-state index in [0.717, 1.165) is 6.42 Å². The third kappa shape index (κ3) is 3.96. The third-order valence-electron chi connectivity index (χ3n) is 3.42. The topological polar surface area (TPSA) is 49.3 Å². The summed E-state index contributed by atoms with van der Waals surface area (Å²) in [6, 6.07) is 5.70. The maximum Gasteiger partial charge on any atom is 0.393 e. The summed E-state index contributed by atoms with van der Waals surface area (Å²) >= 11 is 0. The lowest BCUT2D eigenvalue weighted by Gasteiger charge is -2.15. The molecule has 0 aromatic heterocycles. The maximum absolute atomic E-state index is 12.3. The zero-order chi connectivity index (χ0) is 14.8. The Labute approximate surface area is 114 Å². The van der Waals surface area contributed by atoms with Gasteiger partial charge in [0.05, 0.1) is 18.4 Å². The lowest BCUT2D eigenvalue weighted by atomic mass is 10.0. The SMILES string of the molecule is O=C(Nc1cccc(CC(F)(F)F)c1)C1CCCC1O. The van der Waals surface area contributed by atoms with Gasteiger partial charge in [0, 0.05) is 5.69 Å². The summed E-state index contributed by atoms with van der Waals surface area (Å²) in [5, 5.41) is 12.2. The summed E-state index contributed by atoms with van der Waals surface area (Å²) in [5.74, 6) is -0.805. The first-order valence-electron chi connectivity index (χ1n) is 6.50. The summed E-state index contributed by atoms with van der Waals surface area (Å²) in [4.78, 5) is 11.9. The number of aliphatic hydroxyl groups is 1. The first kappa shape index (κ1) is 14.8. The van der Waals surface area contributed by atoms with Crippen LogP contribution in [0.1, 0.15) is 24.8 Å². The predicted octanol–water partition coefficient (Wildman–Crippen LogP) is 2.89. The molecular formula is C14H16F3NO2. The normalized spacial score (nSPS) is 22.8. The molecule has 0 aliphatic heterocycles. The number of halogens is 3. The van der Waals surface area contributed by atoms with Gasteiger partial charge in [0.1, 0.15) is 0 Å². The second-order valence-electron chi connectivity index (χ2n) is 5.09. The minimum absolute atomic E-state index is 0.0993. The molecule has 1 aromatic rings. The Kier molecular flexibility index (Phi) is 4.32. The van der Waals surface area contributed by atoms with Gasteiger partial charge in [-0.05, 0) is 37.0 Å². The summed E-state index contributed by atoms with van der Waals surface area (Å²) in [5.41, 5.74) is 0.429. The number of benzene rings is 1. The molecule has 0 bridgehead atoms. The molecule has 1 aliphatic rings. The highest BCUT2D eigenvalue weighted by molar-refractivity contribution is 5.93. The summed E-state index contributed by atoms with van der Waals surface area (Å²) in [6.45, 7) is 0. The number of amides is 1. The molecule has 110 valence electrons. The van der Waals surface area contributed by atoms with E-state index in [1.807, 2.05) is 0 Å². The van der Waals surface area contributed by atoms with Crippen LogP contribution < -0.4 is 5.32 Å². The van der Waals surface area contributed by atoms with Gasteiger partial charge >= 0.3 is 6.18 Å². The van der Waals surface area contributed by atoms with E-state index in [4.69, 9.17) is 0 Å². The lowest BCUT2D eigenvalue weighted by Crippen LogP contribution is -2.28. The van der Waals surface area contributed by atoms with Crippen molar-refractivity contribution in [3.05, 3.63) is 29.8 Å². The van der Waals surface area contributed by atoms with Gasteiger partial charge in [-0.15, -0.1) is 0 Å². The van der Waals surface area contributed by atoms with Crippen LogP contribution in [0.15, 0.2) is 24.3 Å². The van der Waals surface area contributed by atoms with E-state index >= 15 is 0 Å². The van der Waals surface area contributed by atoms with Crippen molar-refractivity contribution in [1.82, 2.24) is 0 Å². The van der Waals surface area contributed by atoms with Gasteiger partial charge in [0.15, 0.2) is 0 Å². The van der Waals surface area contributed by atoms with Crippen LogP contribution in [0.4, 0.5) is 18.9 Å². The molecule has 6 heteroatoms. The van der Waals surface area contributed by atoms with Crippen LogP contribution in [-0.4, -0.2) is 23.3 Å². The molecule has 2 unspecified atom stereocenters. The second-order valence-corrected chi connectivity index (χ2v) is 5.09. The number of alkyl halides is 3. The number of rotatable bonds is 3. The van der Waals surface area contributed by atoms with Crippen molar-refractivity contribution < 1.29 is 23.1 Å². The molecule has 1 saturated carbocycles. The van der Waals surface area contributed by atoms with Crippen LogP contribution in [0, 0.1) is 5.92 Å². The van der Waals surface area contributed by atoms with Gasteiger partial charge in [0.2, 0.25) is 5.91 Å². The molecule has 1 amide bonds. The average Bonchev–Trinajstić information content (AvgIpc) is 2.73. The molecule has 20 heavy (non-hydrogen) atoms. The van der Waals surface area contributed by atoms with Gasteiger partial charge in [-0.25, -0.2) is 0 Å². The highest BCUT2D eigenvalue weighted by atomic mass is 19.4. The highest BCUT2D eigenvalue weighted by Gasteiger charge is 2.31. The fourth-order valence-corrected chi connectivity index (χ4v) is 2.47. The van der Waals surface area contributed by atoms with Crippen molar-refractivity contribution >= 4 is 11.6 Å². The van der Waals surface area contributed by atoms with Crippen LogP contribution in [0.5, 0.6) is 0 Å². The standard InChI is InChI=1S/C14H16F3NO2/c15-14(16,17)8-9-3-1-4-10(7-9)18-13(20)11-5-2-6-12(11)19/h1,3-4,7,11-12,19H,2,5-6,8H2,(H,18,20). The fraction of sp³-hybridized carbons (Fsp3) is 0.500. The summed E-state index contributed by atoms with van der Waals surface area (Å²) in [7, 11) is 0. The highest BCUT2D eigenvalue weighted by Crippen LogP contribution is 2.27. The molecular weight excluding hydrogens is 271 g/mol. The fourth-order valence-electron chi connectivity index (χ4n) is 2.47. The van der Waals surface area contributed by atoms with Gasteiger partial charge in [0.25, 0.3) is 0 Å². The molecule has 0 heterocycles. The van der Waals surface area contributed by atoms with Crippen LogP contribution >= 0.6 is 0 Å². The van der Waals surface area contributed by atoms with E-state index in [-0.39, 0.29) is 11.5 Å². The molecule has 2 rings (SSSR count). The Morgan fingerprint density at radius 2 is 2.10 bits per heavy atom. The Hall–Kier alpha value is -1.56. The van der Waals surface area contributed by atoms with Crippen molar-refractivity contribution in [1.29, 1.82) is 0 Å². The first-order valence-corrected chi connectivity index (χ1v) is 6.50. The van der Waals surface area contributed by atoms with Crippen molar-refractivity contribution in [2.24, 2.45) is 5.92 Å². The second kappa shape index (κ2) is 5.83. The number of carbonyl (C=O) groups is 1. The van der Waals surface area contributed by atoms with Crippen molar-refractivity contribution in [3.8, 4) is 0 Å². The van der Waals surface area contributed by atoms with Gasteiger partial charge in [-0.1, -0.05) is 12.1 Å². The predicted molar refractivity (Wildman–Crippen MR) is 68.2 cm³/mol. The minimum atomic E-state index is -4.27. The molecule has 1 aliphatic carbocycles. The van der Waals surface area contributed by atoms with Crippen LogP contribution in [0.2, 0.25) is 0 Å². The average molecular weight is 287 g/mol. The molecule has 0 spiro atoms. The Bertz CT molecular complexity index is 488. The van der Waals surface area contributed by atoms with Gasteiger partial charge < -0.3 is 10.4 Å². The zero-order valence-electron chi connectivity index (χ0n) is 10.8. The monoisotopic (exact) mass is 287 g/mol. The summed E-state index contributed by atoms with van der Waals surface area (Å²) in [6.07, 6.45) is -3.98. The molecule has 3 nitrogen and oxygen atoms in total.